The molecule has 0 spiro atoms. The summed E-state index contributed by atoms with van der Waals surface area (Å²) in [6.45, 7) is 4.14. The first kappa shape index (κ1) is 12.2. The molecule has 0 bridgehead atoms. The van der Waals surface area contributed by atoms with Gasteiger partial charge in [0.1, 0.15) is 0 Å². The molecule has 1 amide bonds. The van der Waals surface area contributed by atoms with E-state index in [2.05, 4.69) is 28.2 Å². The van der Waals surface area contributed by atoms with E-state index in [1.54, 1.807) is 0 Å². The van der Waals surface area contributed by atoms with Crippen LogP contribution >= 0.6 is 15.9 Å². The van der Waals surface area contributed by atoms with Gasteiger partial charge in [0.05, 0.1) is 0 Å². The number of carbonyl (C=O) groups is 1. The van der Waals surface area contributed by atoms with Crippen LogP contribution in [-0.4, -0.2) is 11.9 Å². The van der Waals surface area contributed by atoms with Gasteiger partial charge >= 0.3 is 0 Å². The average Bonchev–Trinajstić information content (AvgIpc) is 2.18. The maximum Gasteiger partial charge on any atom is 0.251 e. The van der Waals surface area contributed by atoms with Crippen molar-refractivity contribution in [2.24, 2.45) is 0 Å². The maximum atomic E-state index is 11.8. The summed E-state index contributed by atoms with van der Waals surface area (Å²) in [6, 6.07) is 7.66. The van der Waals surface area contributed by atoms with Crippen LogP contribution in [-0.2, 0) is 0 Å². The molecule has 0 aliphatic heterocycles. The van der Waals surface area contributed by atoms with Gasteiger partial charge in [0.15, 0.2) is 0 Å². The average molecular weight is 270 g/mol. The van der Waals surface area contributed by atoms with Crippen LogP contribution in [0, 0.1) is 0 Å². The van der Waals surface area contributed by atoms with Crippen molar-refractivity contribution < 1.29 is 4.79 Å². The smallest absolute Gasteiger partial charge is 0.251 e. The van der Waals surface area contributed by atoms with Crippen molar-refractivity contribution in [3.05, 3.63) is 34.3 Å². The molecule has 0 heterocycles. The molecule has 0 aliphatic rings. The second kappa shape index (κ2) is 5.91. The Morgan fingerprint density at radius 3 is 2.87 bits per heavy atom. The monoisotopic (exact) mass is 269 g/mol. The number of amides is 1. The highest BCUT2D eigenvalue weighted by molar-refractivity contribution is 9.10. The van der Waals surface area contributed by atoms with Crippen LogP contribution < -0.4 is 5.32 Å². The number of hydrogen-bond acceptors (Lipinski definition) is 1. The molecule has 0 radical (unpaired) electrons. The highest BCUT2D eigenvalue weighted by Crippen LogP contribution is 2.11. The molecule has 0 saturated heterocycles. The Kier molecular flexibility index (Phi) is 4.82. The SMILES string of the molecule is CCC[C@@H](C)NC(=O)c1cccc(Br)c1. The predicted molar refractivity (Wildman–Crippen MR) is 66.0 cm³/mol. The zero-order valence-electron chi connectivity index (χ0n) is 9.09. The fourth-order valence-corrected chi connectivity index (χ4v) is 1.84. The Balaban J connectivity index is 2.61. The highest BCUT2D eigenvalue weighted by atomic mass is 79.9. The summed E-state index contributed by atoms with van der Waals surface area (Å²) < 4.78 is 0.929. The third kappa shape index (κ3) is 4.04. The molecule has 1 aromatic carbocycles. The summed E-state index contributed by atoms with van der Waals surface area (Å²) in [5, 5.41) is 2.96. The molecular weight excluding hydrogens is 254 g/mol. The Labute approximate surface area is 99.2 Å². The molecule has 82 valence electrons. The minimum atomic E-state index is -0.00255. The molecule has 1 rings (SSSR count). The lowest BCUT2D eigenvalue weighted by Gasteiger charge is -2.12. The fraction of sp³-hybridized carbons (Fsp3) is 0.417. The second-order valence-electron chi connectivity index (χ2n) is 3.67. The topological polar surface area (TPSA) is 29.1 Å². The number of carbonyl (C=O) groups excluding carboxylic acids is 1. The van der Waals surface area contributed by atoms with Crippen molar-refractivity contribution in [2.75, 3.05) is 0 Å². The largest absolute Gasteiger partial charge is 0.350 e. The highest BCUT2D eigenvalue weighted by Gasteiger charge is 2.08. The number of nitrogens with one attached hydrogen (secondary N) is 1. The first-order valence-corrected chi connectivity index (χ1v) is 5.99. The lowest BCUT2D eigenvalue weighted by Crippen LogP contribution is -2.32. The lowest BCUT2D eigenvalue weighted by atomic mass is 10.1. The fourth-order valence-electron chi connectivity index (χ4n) is 1.44. The van der Waals surface area contributed by atoms with Gasteiger partial charge in [0, 0.05) is 16.1 Å². The molecule has 3 heteroatoms. The Bertz CT molecular complexity index is 338. The Morgan fingerprint density at radius 1 is 1.53 bits per heavy atom. The first-order valence-electron chi connectivity index (χ1n) is 5.20. The summed E-state index contributed by atoms with van der Waals surface area (Å²) in [5.74, 6) is -0.00255. The van der Waals surface area contributed by atoms with Crippen LogP contribution in [0.1, 0.15) is 37.0 Å². The molecule has 0 aliphatic carbocycles. The standard InChI is InChI=1S/C12H16BrNO/c1-3-5-9(2)14-12(15)10-6-4-7-11(13)8-10/h4,6-9H,3,5H2,1-2H3,(H,14,15)/t9-/m1/s1. The van der Waals surface area contributed by atoms with E-state index >= 15 is 0 Å². The van der Waals surface area contributed by atoms with Crippen molar-refractivity contribution in [3.8, 4) is 0 Å². The summed E-state index contributed by atoms with van der Waals surface area (Å²) in [5.41, 5.74) is 0.701. The quantitative estimate of drug-likeness (QED) is 0.893. The minimum Gasteiger partial charge on any atom is -0.350 e. The van der Waals surface area contributed by atoms with E-state index in [0.717, 1.165) is 17.3 Å². The zero-order chi connectivity index (χ0) is 11.3. The molecule has 0 saturated carbocycles. The van der Waals surface area contributed by atoms with Gasteiger partial charge in [-0.1, -0.05) is 35.3 Å². The molecule has 1 aromatic rings. The van der Waals surface area contributed by atoms with Crippen molar-refractivity contribution >= 4 is 21.8 Å². The summed E-state index contributed by atoms with van der Waals surface area (Å²) in [4.78, 5) is 11.8. The molecule has 0 fully saturated rings. The molecule has 15 heavy (non-hydrogen) atoms. The van der Waals surface area contributed by atoms with Crippen molar-refractivity contribution in [3.63, 3.8) is 0 Å². The molecule has 2 nitrogen and oxygen atoms in total. The van der Waals surface area contributed by atoms with Gasteiger partial charge in [-0.2, -0.15) is 0 Å². The summed E-state index contributed by atoms with van der Waals surface area (Å²) in [6.07, 6.45) is 2.10. The molecule has 0 aromatic heterocycles. The second-order valence-corrected chi connectivity index (χ2v) is 4.59. The van der Waals surface area contributed by atoms with Crippen LogP contribution in [0.15, 0.2) is 28.7 Å². The van der Waals surface area contributed by atoms with Crippen LogP contribution in [0.5, 0.6) is 0 Å². The van der Waals surface area contributed by atoms with Crippen LogP contribution in [0.4, 0.5) is 0 Å². The van der Waals surface area contributed by atoms with Crippen molar-refractivity contribution in [1.82, 2.24) is 5.32 Å². The first-order chi connectivity index (χ1) is 7.13. The van der Waals surface area contributed by atoms with Gasteiger partial charge in [-0.3, -0.25) is 4.79 Å². The van der Waals surface area contributed by atoms with Crippen LogP contribution in [0.2, 0.25) is 0 Å². The summed E-state index contributed by atoms with van der Waals surface area (Å²) in [7, 11) is 0. The number of halogens is 1. The van der Waals surface area contributed by atoms with Crippen molar-refractivity contribution in [1.29, 1.82) is 0 Å². The summed E-state index contributed by atoms with van der Waals surface area (Å²) >= 11 is 3.35. The molecule has 0 unspecified atom stereocenters. The zero-order valence-corrected chi connectivity index (χ0v) is 10.7. The molecule has 1 N–H and O–H groups in total. The predicted octanol–water partition coefficient (Wildman–Crippen LogP) is 3.37. The van der Waals surface area contributed by atoms with Gasteiger partial charge in [-0.05, 0) is 31.5 Å². The van der Waals surface area contributed by atoms with Gasteiger partial charge in [-0.25, -0.2) is 0 Å². The number of hydrogen-bond donors (Lipinski definition) is 1. The van der Waals surface area contributed by atoms with Gasteiger partial charge < -0.3 is 5.32 Å². The van der Waals surface area contributed by atoms with E-state index < -0.39 is 0 Å². The lowest BCUT2D eigenvalue weighted by molar-refractivity contribution is 0.0938. The van der Waals surface area contributed by atoms with Crippen molar-refractivity contribution in [2.45, 2.75) is 32.7 Å². The Morgan fingerprint density at radius 2 is 2.27 bits per heavy atom. The maximum absolute atomic E-state index is 11.8. The van der Waals surface area contributed by atoms with E-state index in [1.165, 1.54) is 0 Å². The minimum absolute atomic E-state index is 0.00255. The van der Waals surface area contributed by atoms with Gasteiger partial charge in [-0.15, -0.1) is 0 Å². The van der Waals surface area contributed by atoms with Crippen LogP contribution in [0.3, 0.4) is 0 Å². The van der Waals surface area contributed by atoms with Gasteiger partial charge in [0.25, 0.3) is 5.91 Å². The van der Waals surface area contributed by atoms with Gasteiger partial charge in [0.2, 0.25) is 0 Å². The number of benzene rings is 1. The van der Waals surface area contributed by atoms with E-state index in [9.17, 15) is 4.79 Å². The third-order valence-corrected chi connectivity index (χ3v) is 2.68. The molecule has 1 atom stereocenters. The third-order valence-electron chi connectivity index (χ3n) is 2.19. The van der Waals surface area contributed by atoms with E-state index in [4.69, 9.17) is 0 Å². The normalized spacial score (nSPS) is 12.2. The van der Waals surface area contributed by atoms with E-state index in [-0.39, 0.29) is 11.9 Å². The number of rotatable bonds is 4. The van der Waals surface area contributed by atoms with E-state index in [0.29, 0.717) is 5.56 Å². The van der Waals surface area contributed by atoms with E-state index in [1.807, 2.05) is 31.2 Å². The Hall–Kier alpha value is -0.830. The molecular formula is C12H16BrNO. The van der Waals surface area contributed by atoms with Crippen LogP contribution in [0.25, 0.3) is 0 Å².